The second-order valence-electron chi connectivity index (χ2n) is 7.39. The Balaban J connectivity index is 1.69. The molecule has 1 heterocycles. The van der Waals surface area contributed by atoms with Gasteiger partial charge in [0.25, 0.3) is 0 Å². The van der Waals surface area contributed by atoms with Crippen LogP contribution in [0.15, 0.2) is 18.2 Å². The molecule has 0 atom stereocenters. The molecule has 1 aromatic rings. The van der Waals surface area contributed by atoms with Gasteiger partial charge in [0.2, 0.25) is 11.8 Å². The van der Waals surface area contributed by atoms with Gasteiger partial charge in [-0.1, -0.05) is 13.0 Å². The van der Waals surface area contributed by atoms with Crippen molar-refractivity contribution in [2.24, 2.45) is 11.3 Å². The van der Waals surface area contributed by atoms with E-state index < -0.39 is 5.41 Å². The van der Waals surface area contributed by atoms with Crippen LogP contribution in [-0.2, 0) is 9.59 Å². The van der Waals surface area contributed by atoms with Crippen LogP contribution in [0.4, 0.5) is 5.69 Å². The number of carbonyl (C=O) groups is 2. The maximum absolute atomic E-state index is 12.8. The van der Waals surface area contributed by atoms with Crippen LogP contribution < -0.4 is 5.32 Å². The van der Waals surface area contributed by atoms with Crippen molar-refractivity contribution in [2.75, 3.05) is 18.4 Å². The topological polar surface area (TPSA) is 49.4 Å². The molecule has 0 bridgehead atoms. The SMILES string of the molecule is Cc1cc(C)cc(NC(=O)C2(C(=O)N3CCC(C)CC3)CC2)c1. The number of hydrogen-bond acceptors (Lipinski definition) is 2. The highest BCUT2D eigenvalue weighted by Crippen LogP contribution is 2.48. The summed E-state index contributed by atoms with van der Waals surface area (Å²) in [5.41, 5.74) is 2.21. The average Bonchev–Trinajstić information content (AvgIpc) is 3.28. The number of likely N-dealkylation sites (tertiary alicyclic amines) is 1. The van der Waals surface area contributed by atoms with Crippen molar-refractivity contribution in [3.8, 4) is 0 Å². The Morgan fingerprint density at radius 3 is 2.17 bits per heavy atom. The Morgan fingerprint density at radius 1 is 1.09 bits per heavy atom. The van der Waals surface area contributed by atoms with Gasteiger partial charge in [-0.3, -0.25) is 9.59 Å². The molecular formula is C19H26N2O2. The largest absolute Gasteiger partial charge is 0.342 e. The number of hydrogen-bond donors (Lipinski definition) is 1. The molecule has 2 fully saturated rings. The molecule has 23 heavy (non-hydrogen) atoms. The minimum atomic E-state index is -0.807. The Hall–Kier alpha value is -1.84. The Labute approximate surface area is 138 Å². The summed E-state index contributed by atoms with van der Waals surface area (Å²) >= 11 is 0. The lowest BCUT2D eigenvalue weighted by molar-refractivity contribution is -0.143. The molecule has 0 spiro atoms. The van der Waals surface area contributed by atoms with E-state index in [2.05, 4.69) is 18.3 Å². The summed E-state index contributed by atoms with van der Waals surface area (Å²) in [6, 6.07) is 5.98. The van der Waals surface area contributed by atoms with Crippen LogP contribution in [0.25, 0.3) is 0 Å². The van der Waals surface area contributed by atoms with Crippen LogP contribution in [0.1, 0.15) is 43.7 Å². The van der Waals surface area contributed by atoms with E-state index in [9.17, 15) is 9.59 Å². The number of nitrogens with one attached hydrogen (secondary N) is 1. The standard InChI is InChI=1S/C19H26N2O2/c1-13-4-8-21(9-5-13)18(23)19(6-7-19)17(22)20-16-11-14(2)10-15(3)12-16/h10-13H,4-9H2,1-3H3,(H,20,22). The first-order valence-corrected chi connectivity index (χ1v) is 8.60. The Morgan fingerprint density at radius 2 is 1.65 bits per heavy atom. The van der Waals surface area contributed by atoms with E-state index in [0.29, 0.717) is 18.8 Å². The number of aryl methyl sites for hydroxylation is 2. The Bertz CT molecular complexity index is 606. The van der Waals surface area contributed by atoms with E-state index in [0.717, 1.165) is 42.7 Å². The third-order valence-corrected chi connectivity index (χ3v) is 5.14. The summed E-state index contributed by atoms with van der Waals surface area (Å²) in [6.07, 6.45) is 3.43. The number of amides is 2. The molecule has 1 N–H and O–H groups in total. The lowest BCUT2D eigenvalue weighted by Crippen LogP contribution is -2.46. The van der Waals surface area contributed by atoms with Gasteiger partial charge in [0, 0.05) is 18.8 Å². The molecular weight excluding hydrogens is 288 g/mol. The van der Waals surface area contributed by atoms with Gasteiger partial charge in [0.15, 0.2) is 0 Å². The van der Waals surface area contributed by atoms with E-state index in [1.54, 1.807) is 0 Å². The first kappa shape index (κ1) is 16.0. The predicted octanol–water partition coefficient (Wildman–Crippen LogP) is 3.28. The number of piperidine rings is 1. The van der Waals surface area contributed by atoms with Crippen LogP contribution in [0.3, 0.4) is 0 Å². The highest BCUT2D eigenvalue weighted by molar-refractivity contribution is 6.13. The quantitative estimate of drug-likeness (QED) is 0.870. The third kappa shape index (κ3) is 3.26. The van der Waals surface area contributed by atoms with Crippen molar-refractivity contribution in [3.63, 3.8) is 0 Å². The molecule has 0 aromatic heterocycles. The molecule has 1 saturated heterocycles. The molecule has 4 heteroatoms. The first-order chi connectivity index (χ1) is 10.9. The van der Waals surface area contributed by atoms with Gasteiger partial charge in [-0.15, -0.1) is 0 Å². The Kier molecular flexibility index (Phi) is 4.17. The molecule has 1 aliphatic heterocycles. The molecule has 2 amide bonds. The number of anilines is 1. The van der Waals surface area contributed by atoms with E-state index >= 15 is 0 Å². The second kappa shape index (κ2) is 5.99. The molecule has 1 saturated carbocycles. The van der Waals surface area contributed by atoms with Gasteiger partial charge in [0.1, 0.15) is 5.41 Å². The zero-order valence-electron chi connectivity index (χ0n) is 14.3. The van der Waals surface area contributed by atoms with Crippen LogP contribution in [0, 0.1) is 25.2 Å². The minimum Gasteiger partial charge on any atom is -0.342 e. The summed E-state index contributed by atoms with van der Waals surface area (Å²) in [7, 11) is 0. The van der Waals surface area contributed by atoms with Gasteiger partial charge in [-0.25, -0.2) is 0 Å². The highest BCUT2D eigenvalue weighted by Gasteiger charge is 2.58. The van der Waals surface area contributed by atoms with E-state index in [1.165, 1.54) is 0 Å². The summed E-state index contributed by atoms with van der Waals surface area (Å²) in [6.45, 7) is 7.82. The van der Waals surface area contributed by atoms with Crippen LogP contribution in [0.2, 0.25) is 0 Å². The number of benzene rings is 1. The van der Waals surface area contributed by atoms with Crippen LogP contribution in [0.5, 0.6) is 0 Å². The molecule has 1 aliphatic carbocycles. The molecule has 2 aliphatic rings. The highest BCUT2D eigenvalue weighted by atomic mass is 16.2. The maximum Gasteiger partial charge on any atom is 0.240 e. The fourth-order valence-electron chi connectivity index (χ4n) is 3.47. The van der Waals surface area contributed by atoms with Gasteiger partial charge >= 0.3 is 0 Å². The summed E-state index contributed by atoms with van der Waals surface area (Å²) < 4.78 is 0. The summed E-state index contributed by atoms with van der Waals surface area (Å²) in [5, 5.41) is 2.97. The smallest absolute Gasteiger partial charge is 0.240 e. The van der Waals surface area contributed by atoms with Gasteiger partial charge in [0.05, 0.1) is 0 Å². The monoisotopic (exact) mass is 314 g/mol. The van der Waals surface area contributed by atoms with Crippen molar-refractivity contribution in [1.29, 1.82) is 0 Å². The average molecular weight is 314 g/mol. The predicted molar refractivity (Wildman–Crippen MR) is 91.2 cm³/mol. The zero-order valence-corrected chi connectivity index (χ0v) is 14.3. The lowest BCUT2D eigenvalue weighted by atomic mass is 9.96. The molecule has 124 valence electrons. The van der Waals surface area contributed by atoms with Gasteiger partial charge < -0.3 is 10.2 Å². The maximum atomic E-state index is 12.8. The van der Waals surface area contributed by atoms with E-state index in [1.807, 2.05) is 30.9 Å². The number of nitrogens with zero attached hydrogens (tertiary/aromatic N) is 1. The van der Waals surface area contributed by atoms with E-state index in [4.69, 9.17) is 0 Å². The first-order valence-electron chi connectivity index (χ1n) is 8.60. The molecule has 3 rings (SSSR count). The number of carbonyl (C=O) groups excluding carboxylic acids is 2. The molecule has 1 aromatic carbocycles. The van der Waals surface area contributed by atoms with Crippen molar-refractivity contribution in [3.05, 3.63) is 29.3 Å². The van der Waals surface area contributed by atoms with Crippen LogP contribution >= 0.6 is 0 Å². The fourth-order valence-corrected chi connectivity index (χ4v) is 3.47. The minimum absolute atomic E-state index is 0.0336. The van der Waals surface area contributed by atoms with E-state index in [-0.39, 0.29) is 11.8 Å². The normalized spacial score (nSPS) is 20.2. The van der Waals surface area contributed by atoms with Gasteiger partial charge in [-0.2, -0.15) is 0 Å². The molecule has 0 radical (unpaired) electrons. The summed E-state index contributed by atoms with van der Waals surface area (Å²) in [5.74, 6) is 0.579. The van der Waals surface area contributed by atoms with Crippen LogP contribution in [-0.4, -0.2) is 29.8 Å². The lowest BCUT2D eigenvalue weighted by Gasteiger charge is -2.32. The number of rotatable bonds is 3. The zero-order chi connectivity index (χ0) is 16.6. The summed E-state index contributed by atoms with van der Waals surface area (Å²) in [4.78, 5) is 27.4. The van der Waals surface area contributed by atoms with Crippen molar-refractivity contribution in [1.82, 2.24) is 4.90 Å². The van der Waals surface area contributed by atoms with Crippen molar-refractivity contribution in [2.45, 2.75) is 46.5 Å². The second-order valence-corrected chi connectivity index (χ2v) is 7.39. The van der Waals surface area contributed by atoms with Crippen molar-refractivity contribution >= 4 is 17.5 Å². The van der Waals surface area contributed by atoms with Crippen molar-refractivity contribution < 1.29 is 9.59 Å². The fraction of sp³-hybridized carbons (Fsp3) is 0.579. The van der Waals surface area contributed by atoms with Gasteiger partial charge in [-0.05, 0) is 68.7 Å². The molecule has 4 nitrogen and oxygen atoms in total. The third-order valence-electron chi connectivity index (χ3n) is 5.14. The molecule has 0 unspecified atom stereocenters.